The van der Waals surface area contributed by atoms with E-state index in [9.17, 15) is 20.0 Å². The van der Waals surface area contributed by atoms with Crippen LogP contribution in [0.25, 0.3) is 0 Å². The average molecular weight is 209 g/mol. The van der Waals surface area contributed by atoms with E-state index in [-0.39, 0.29) is 11.3 Å². The third kappa shape index (κ3) is 1.81. The average Bonchev–Trinajstić information content (AvgIpc) is 2.10. The Morgan fingerprint density at radius 3 is 2.40 bits per heavy atom. The number of nitro benzene ring substituents is 1. The minimum Gasteiger partial charge on any atom is -0.502 e. The number of benzene rings is 1. The van der Waals surface area contributed by atoms with Gasteiger partial charge in [0.15, 0.2) is 5.78 Å². The summed E-state index contributed by atoms with van der Waals surface area (Å²) in [6.07, 6.45) is 0. The molecule has 0 aromatic heterocycles. The van der Waals surface area contributed by atoms with Crippen LogP contribution in [0.3, 0.4) is 0 Å². The second kappa shape index (κ2) is 3.68. The molecule has 0 amide bonds. The summed E-state index contributed by atoms with van der Waals surface area (Å²) >= 11 is 0. The third-order valence-corrected chi connectivity index (χ3v) is 2.35. The first kappa shape index (κ1) is 11.2. The third-order valence-electron chi connectivity index (χ3n) is 2.35. The SMILES string of the molecule is CC(=O)c1cc(C)c(C)c([N+](=O)[O-])c1O. The highest BCUT2D eigenvalue weighted by Gasteiger charge is 2.24. The van der Waals surface area contributed by atoms with Crippen molar-refractivity contribution in [2.75, 3.05) is 0 Å². The van der Waals surface area contributed by atoms with Crippen molar-refractivity contribution in [3.8, 4) is 5.75 Å². The molecule has 80 valence electrons. The van der Waals surface area contributed by atoms with Crippen LogP contribution in [0.5, 0.6) is 5.75 Å². The number of phenols is 1. The second-order valence-electron chi connectivity index (χ2n) is 3.38. The fourth-order valence-electron chi connectivity index (χ4n) is 1.38. The Morgan fingerprint density at radius 1 is 1.47 bits per heavy atom. The number of carbonyl (C=O) groups excluding carboxylic acids is 1. The maximum Gasteiger partial charge on any atom is 0.314 e. The molecule has 0 saturated carbocycles. The summed E-state index contributed by atoms with van der Waals surface area (Å²) in [4.78, 5) is 21.1. The molecule has 15 heavy (non-hydrogen) atoms. The summed E-state index contributed by atoms with van der Waals surface area (Å²) in [5.41, 5.74) is 0.595. The summed E-state index contributed by atoms with van der Waals surface area (Å²) in [5, 5.41) is 20.3. The Hall–Kier alpha value is -1.91. The van der Waals surface area contributed by atoms with E-state index in [0.717, 1.165) is 0 Å². The smallest absolute Gasteiger partial charge is 0.314 e. The molecule has 0 saturated heterocycles. The van der Waals surface area contributed by atoms with Crippen molar-refractivity contribution in [1.82, 2.24) is 0 Å². The summed E-state index contributed by atoms with van der Waals surface area (Å²) in [6.45, 7) is 4.46. The van der Waals surface area contributed by atoms with Crippen LogP contribution < -0.4 is 0 Å². The Balaban J connectivity index is 3.63. The number of rotatable bonds is 2. The van der Waals surface area contributed by atoms with E-state index in [0.29, 0.717) is 11.1 Å². The van der Waals surface area contributed by atoms with Gasteiger partial charge in [0.25, 0.3) is 0 Å². The van der Waals surface area contributed by atoms with E-state index in [1.165, 1.54) is 19.9 Å². The van der Waals surface area contributed by atoms with Gasteiger partial charge in [-0.1, -0.05) is 0 Å². The minimum atomic E-state index is -0.676. The lowest BCUT2D eigenvalue weighted by Gasteiger charge is -2.07. The molecular formula is C10H11NO4. The van der Waals surface area contributed by atoms with Gasteiger partial charge in [0.1, 0.15) is 0 Å². The fraction of sp³-hybridized carbons (Fsp3) is 0.300. The molecule has 5 heteroatoms. The van der Waals surface area contributed by atoms with E-state index in [2.05, 4.69) is 0 Å². The van der Waals surface area contributed by atoms with Crippen LogP contribution in [0.1, 0.15) is 28.4 Å². The highest BCUT2D eigenvalue weighted by atomic mass is 16.6. The zero-order valence-electron chi connectivity index (χ0n) is 8.70. The van der Waals surface area contributed by atoms with Crippen LogP contribution >= 0.6 is 0 Å². The molecule has 0 fully saturated rings. The number of hydrogen-bond acceptors (Lipinski definition) is 4. The highest BCUT2D eigenvalue weighted by molar-refractivity contribution is 5.98. The molecule has 5 nitrogen and oxygen atoms in total. The van der Waals surface area contributed by atoms with Gasteiger partial charge in [-0.3, -0.25) is 14.9 Å². The van der Waals surface area contributed by atoms with E-state index < -0.39 is 16.5 Å². The van der Waals surface area contributed by atoms with Crippen molar-refractivity contribution >= 4 is 11.5 Å². The fourth-order valence-corrected chi connectivity index (χ4v) is 1.38. The Morgan fingerprint density at radius 2 is 2.00 bits per heavy atom. The number of Topliss-reactive ketones (excluding diaryl/α,β-unsaturated/α-hetero) is 1. The first-order chi connectivity index (χ1) is 6.86. The van der Waals surface area contributed by atoms with Gasteiger partial charge < -0.3 is 5.11 Å². The molecule has 1 aromatic carbocycles. The van der Waals surface area contributed by atoms with Crippen molar-refractivity contribution in [1.29, 1.82) is 0 Å². The Kier molecular flexibility index (Phi) is 2.74. The predicted octanol–water partition coefficient (Wildman–Crippen LogP) is 2.12. The molecule has 0 atom stereocenters. The molecule has 1 rings (SSSR count). The molecule has 0 bridgehead atoms. The van der Waals surface area contributed by atoms with Gasteiger partial charge in [-0.05, 0) is 32.4 Å². The van der Waals surface area contributed by atoms with E-state index >= 15 is 0 Å². The van der Waals surface area contributed by atoms with Crippen molar-refractivity contribution in [3.05, 3.63) is 32.9 Å². The number of nitrogens with zero attached hydrogens (tertiary/aromatic N) is 1. The molecular weight excluding hydrogens is 198 g/mol. The van der Waals surface area contributed by atoms with Gasteiger partial charge in [0.2, 0.25) is 5.75 Å². The van der Waals surface area contributed by atoms with E-state index in [4.69, 9.17) is 0 Å². The monoisotopic (exact) mass is 209 g/mol. The maximum atomic E-state index is 11.1. The zero-order valence-corrected chi connectivity index (χ0v) is 8.70. The number of nitro groups is 1. The maximum absolute atomic E-state index is 11.1. The standard InChI is InChI=1S/C10H11NO4/c1-5-4-8(7(3)12)10(13)9(6(5)2)11(14)15/h4,13H,1-3H3. The van der Waals surface area contributed by atoms with Crippen LogP contribution in [0, 0.1) is 24.0 Å². The van der Waals surface area contributed by atoms with Gasteiger partial charge in [-0.2, -0.15) is 0 Å². The lowest BCUT2D eigenvalue weighted by Crippen LogP contribution is -2.01. The normalized spacial score (nSPS) is 10.1. The molecule has 0 aliphatic carbocycles. The van der Waals surface area contributed by atoms with Crippen molar-refractivity contribution in [2.24, 2.45) is 0 Å². The molecule has 0 heterocycles. The number of phenolic OH excluding ortho intramolecular Hbond substituents is 1. The number of hydrogen-bond donors (Lipinski definition) is 1. The van der Waals surface area contributed by atoms with Crippen molar-refractivity contribution < 1.29 is 14.8 Å². The molecule has 1 aromatic rings. The van der Waals surface area contributed by atoms with Crippen LogP contribution in [0.15, 0.2) is 6.07 Å². The lowest BCUT2D eigenvalue weighted by atomic mass is 10.0. The van der Waals surface area contributed by atoms with Crippen molar-refractivity contribution in [2.45, 2.75) is 20.8 Å². The van der Waals surface area contributed by atoms with E-state index in [1.54, 1.807) is 6.92 Å². The van der Waals surface area contributed by atoms with Gasteiger partial charge in [-0.25, -0.2) is 0 Å². The first-order valence-electron chi connectivity index (χ1n) is 4.34. The first-order valence-corrected chi connectivity index (χ1v) is 4.34. The largest absolute Gasteiger partial charge is 0.502 e. The second-order valence-corrected chi connectivity index (χ2v) is 3.38. The molecule has 0 aliphatic rings. The van der Waals surface area contributed by atoms with E-state index in [1.807, 2.05) is 0 Å². The molecule has 1 N–H and O–H groups in total. The van der Waals surface area contributed by atoms with Crippen molar-refractivity contribution in [3.63, 3.8) is 0 Å². The molecule has 0 aliphatic heterocycles. The molecule has 0 radical (unpaired) electrons. The zero-order chi connectivity index (χ0) is 11.7. The molecule has 0 unspecified atom stereocenters. The number of ketones is 1. The highest BCUT2D eigenvalue weighted by Crippen LogP contribution is 2.35. The number of carbonyl (C=O) groups is 1. The summed E-state index contributed by atoms with van der Waals surface area (Å²) in [6, 6.07) is 1.46. The molecule has 0 spiro atoms. The predicted molar refractivity (Wildman–Crippen MR) is 54.2 cm³/mol. The minimum absolute atomic E-state index is 0.00944. The topological polar surface area (TPSA) is 80.4 Å². The summed E-state index contributed by atoms with van der Waals surface area (Å²) in [5.74, 6) is -0.936. The van der Waals surface area contributed by atoms with Crippen LogP contribution in [-0.4, -0.2) is 15.8 Å². The summed E-state index contributed by atoms with van der Waals surface area (Å²) < 4.78 is 0. The van der Waals surface area contributed by atoms with Gasteiger partial charge >= 0.3 is 5.69 Å². The number of aryl methyl sites for hydroxylation is 1. The van der Waals surface area contributed by atoms with Gasteiger partial charge in [-0.15, -0.1) is 0 Å². The number of aromatic hydroxyl groups is 1. The Bertz CT molecular complexity index is 451. The lowest BCUT2D eigenvalue weighted by molar-refractivity contribution is -0.386. The Labute approximate surface area is 86.5 Å². The van der Waals surface area contributed by atoms with Gasteiger partial charge in [0.05, 0.1) is 10.5 Å². The van der Waals surface area contributed by atoms with Crippen LogP contribution in [-0.2, 0) is 0 Å². The van der Waals surface area contributed by atoms with Gasteiger partial charge in [0, 0.05) is 5.56 Å². The van der Waals surface area contributed by atoms with Crippen LogP contribution in [0.4, 0.5) is 5.69 Å². The van der Waals surface area contributed by atoms with Crippen LogP contribution in [0.2, 0.25) is 0 Å². The summed E-state index contributed by atoms with van der Waals surface area (Å²) in [7, 11) is 0. The quantitative estimate of drug-likeness (QED) is 0.459.